The average molecular weight is 265 g/mol. The minimum Gasteiger partial charge on any atom is -0.381 e. The van der Waals surface area contributed by atoms with Crippen molar-refractivity contribution in [1.29, 1.82) is 0 Å². The first-order chi connectivity index (χ1) is 9.28. The Hall–Kier alpha value is -1.56. The van der Waals surface area contributed by atoms with Gasteiger partial charge in [0.25, 0.3) is 0 Å². The maximum atomic E-state index is 5.70. The summed E-state index contributed by atoms with van der Waals surface area (Å²) in [6, 6.07) is 1.90. The van der Waals surface area contributed by atoms with Gasteiger partial charge in [-0.3, -0.25) is 0 Å². The van der Waals surface area contributed by atoms with Gasteiger partial charge in [-0.1, -0.05) is 6.92 Å². The van der Waals surface area contributed by atoms with Crippen LogP contribution in [-0.4, -0.2) is 36.3 Å². The molecule has 1 aromatic heterocycles. The Kier molecular flexibility index (Phi) is 5.20. The molecule has 0 bridgehead atoms. The number of nitrogen functional groups attached to an aromatic ring is 1. The number of rotatable bonds is 7. The highest BCUT2D eigenvalue weighted by Crippen LogP contribution is 2.17. The van der Waals surface area contributed by atoms with Gasteiger partial charge in [0.05, 0.1) is 0 Å². The van der Waals surface area contributed by atoms with Crippen molar-refractivity contribution in [2.24, 2.45) is 5.92 Å². The van der Waals surface area contributed by atoms with Gasteiger partial charge in [0, 0.05) is 32.4 Å². The van der Waals surface area contributed by atoms with E-state index in [1.54, 1.807) is 0 Å². The van der Waals surface area contributed by atoms with Gasteiger partial charge in [-0.2, -0.15) is 9.97 Å². The minimum absolute atomic E-state index is 0.299. The Bertz CT molecular complexity index is 393. The molecule has 0 aromatic carbocycles. The Balaban J connectivity index is 1.82. The predicted molar refractivity (Wildman–Crippen MR) is 77.3 cm³/mol. The third-order valence-electron chi connectivity index (χ3n) is 3.18. The summed E-state index contributed by atoms with van der Waals surface area (Å²) in [6.45, 7) is 5.67. The number of hydrogen-bond acceptors (Lipinski definition) is 6. The molecule has 0 aliphatic carbocycles. The molecule has 1 aliphatic rings. The molecule has 0 amide bonds. The van der Waals surface area contributed by atoms with Gasteiger partial charge in [-0.15, -0.1) is 0 Å². The van der Waals surface area contributed by atoms with E-state index in [9.17, 15) is 0 Å². The average Bonchev–Trinajstić information content (AvgIpc) is 2.89. The Morgan fingerprint density at radius 1 is 1.32 bits per heavy atom. The van der Waals surface area contributed by atoms with E-state index in [1.165, 1.54) is 0 Å². The van der Waals surface area contributed by atoms with Crippen molar-refractivity contribution in [3.05, 3.63) is 6.07 Å². The summed E-state index contributed by atoms with van der Waals surface area (Å²) in [5.74, 6) is 2.53. The van der Waals surface area contributed by atoms with Crippen LogP contribution < -0.4 is 16.4 Å². The minimum atomic E-state index is 0.299. The molecule has 1 aliphatic heterocycles. The summed E-state index contributed by atoms with van der Waals surface area (Å²) in [5.41, 5.74) is 5.70. The zero-order valence-electron chi connectivity index (χ0n) is 11.5. The molecule has 6 heteroatoms. The normalized spacial score (nSPS) is 18.5. The summed E-state index contributed by atoms with van der Waals surface area (Å²) in [6.07, 6.45) is 3.31. The lowest BCUT2D eigenvalue weighted by atomic mass is 10.1. The number of nitrogens with one attached hydrogen (secondary N) is 2. The lowest BCUT2D eigenvalue weighted by Crippen LogP contribution is -2.12. The Labute approximate surface area is 114 Å². The van der Waals surface area contributed by atoms with Crippen molar-refractivity contribution in [2.45, 2.75) is 26.2 Å². The van der Waals surface area contributed by atoms with Gasteiger partial charge >= 0.3 is 0 Å². The first-order valence-corrected chi connectivity index (χ1v) is 6.98. The van der Waals surface area contributed by atoms with Crippen molar-refractivity contribution < 1.29 is 4.74 Å². The topological polar surface area (TPSA) is 85.1 Å². The molecule has 1 aromatic rings. The summed E-state index contributed by atoms with van der Waals surface area (Å²) < 4.78 is 5.36. The van der Waals surface area contributed by atoms with Gasteiger partial charge in [-0.05, 0) is 25.2 Å². The van der Waals surface area contributed by atoms with Crippen LogP contribution in [0.3, 0.4) is 0 Å². The highest BCUT2D eigenvalue weighted by Gasteiger charge is 2.14. The molecular weight excluding hydrogens is 242 g/mol. The number of hydrogen-bond donors (Lipinski definition) is 3. The standard InChI is InChI=1S/C13H23N5O/c1-2-5-15-11-8-12(18-13(14)17-11)16-6-3-10-4-7-19-9-10/h8,10H,2-7,9H2,1H3,(H4,14,15,16,17,18). The van der Waals surface area contributed by atoms with Crippen LogP contribution in [0.25, 0.3) is 0 Å². The summed E-state index contributed by atoms with van der Waals surface area (Å²) in [5, 5.41) is 6.52. The van der Waals surface area contributed by atoms with Crippen LogP contribution >= 0.6 is 0 Å². The fourth-order valence-corrected chi connectivity index (χ4v) is 2.12. The molecule has 19 heavy (non-hydrogen) atoms. The summed E-state index contributed by atoms with van der Waals surface area (Å²) in [7, 11) is 0. The number of anilines is 3. The fraction of sp³-hybridized carbons (Fsp3) is 0.692. The number of ether oxygens (including phenoxy) is 1. The lowest BCUT2D eigenvalue weighted by molar-refractivity contribution is 0.185. The quantitative estimate of drug-likeness (QED) is 0.696. The van der Waals surface area contributed by atoms with Crippen molar-refractivity contribution in [3.8, 4) is 0 Å². The van der Waals surface area contributed by atoms with E-state index in [0.29, 0.717) is 11.9 Å². The molecular formula is C13H23N5O. The molecule has 1 unspecified atom stereocenters. The summed E-state index contributed by atoms with van der Waals surface area (Å²) in [4.78, 5) is 8.34. The predicted octanol–water partition coefficient (Wildman–Crippen LogP) is 1.72. The third kappa shape index (κ3) is 4.55. The maximum absolute atomic E-state index is 5.70. The van der Waals surface area contributed by atoms with E-state index >= 15 is 0 Å². The van der Waals surface area contributed by atoms with E-state index in [4.69, 9.17) is 10.5 Å². The highest BCUT2D eigenvalue weighted by molar-refractivity contribution is 5.50. The SMILES string of the molecule is CCCNc1cc(NCCC2CCOC2)nc(N)n1. The van der Waals surface area contributed by atoms with Crippen molar-refractivity contribution in [2.75, 3.05) is 42.7 Å². The molecule has 0 spiro atoms. The first-order valence-electron chi connectivity index (χ1n) is 6.98. The molecule has 6 nitrogen and oxygen atoms in total. The number of nitrogens with two attached hydrogens (primary N) is 1. The second kappa shape index (κ2) is 7.13. The zero-order chi connectivity index (χ0) is 13.5. The fourth-order valence-electron chi connectivity index (χ4n) is 2.12. The molecule has 0 saturated carbocycles. The van der Waals surface area contributed by atoms with Crippen LogP contribution in [0, 0.1) is 5.92 Å². The molecule has 1 atom stereocenters. The maximum Gasteiger partial charge on any atom is 0.223 e. The van der Waals surface area contributed by atoms with Gasteiger partial charge < -0.3 is 21.1 Å². The van der Waals surface area contributed by atoms with Crippen LogP contribution in [0.1, 0.15) is 26.2 Å². The number of aromatic nitrogens is 2. The lowest BCUT2D eigenvalue weighted by Gasteiger charge is -2.11. The van der Waals surface area contributed by atoms with Crippen molar-refractivity contribution in [1.82, 2.24) is 9.97 Å². The van der Waals surface area contributed by atoms with E-state index in [-0.39, 0.29) is 0 Å². The summed E-state index contributed by atoms with van der Waals surface area (Å²) >= 11 is 0. The molecule has 4 N–H and O–H groups in total. The van der Waals surface area contributed by atoms with Crippen molar-refractivity contribution in [3.63, 3.8) is 0 Å². The van der Waals surface area contributed by atoms with Gasteiger partial charge in [0.2, 0.25) is 5.95 Å². The Morgan fingerprint density at radius 2 is 2.05 bits per heavy atom. The van der Waals surface area contributed by atoms with E-state index in [1.807, 2.05) is 6.07 Å². The van der Waals surface area contributed by atoms with Crippen molar-refractivity contribution >= 4 is 17.6 Å². The molecule has 2 heterocycles. The second-order valence-corrected chi connectivity index (χ2v) is 4.87. The molecule has 0 radical (unpaired) electrons. The van der Waals surface area contributed by atoms with Crippen LogP contribution in [0.4, 0.5) is 17.6 Å². The zero-order valence-corrected chi connectivity index (χ0v) is 11.5. The van der Waals surface area contributed by atoms with E-state index in [2.05, 4.69) is 27.5 Å². The largest absolute Gasteiger partial charge is 0.381 e. The van der Waals surface area contributed by atoms with Gasteiger partial charge in [-0.25, -0.2) is 0 Å². The monoisotopic (exact) mass is 265 g/mol. The molecule has 2 rings (SSSR count). The van der Waals surface area contributed by atoms with Crippen LogP contribution in [-0.2, 0) is 4.74 Å². The second-order valence-electron chi connectivity index (χ2n) is 4.87. The van der Waals surface area contributed by atoms with Crippen LogP contribution in [0.2, 0.25) is 0 Å². The van der Waals surface area contributed by atoms with Gasteiger partial charge in [0.1, 0.15) is 11.6 Å². The Morgan fingerprint density at radius 3 is 2.68 bits per heavy atom. The highest BCUT2D eigenvalue weighted by atomic mass is 16.5. The first kappa shape index (κ1) is 13.9. The molecule has 1 saturated heterocycles. The number of nitrogens with zero attached hydrogens (tertiary/aromatic N) is 2. The van der Waals surface area contributed by atoms with Crippen LogP contribution in [0.15, 0.2) is 6.07 Å². The molecule has 1 fully saturated rings. The smallest absolute Gasteiger partial charge is 0.223 e. The third-order valence-corrected chi connectivity index (χ3v) is 3.18. The molecule has 106 valence electrons. The van der Waals surface area contributed by atoms with E-state index in [0.717, 1.165) is 57.2 Å². The van der Waals surface area contributed by atoms with E-state index < -0.39 is 0 Å². The van der Waals surface area contributed by atoms with Crippen LogP contribution in [0.5, 0.6) is 0 Å². The van der Waals surface area contributed by atoms with Gasteiger partial charge in [0.15, 0.2) is 0 Å².